The van der Waals surface area contributed by atoms with Crippen LogP contribution in [0.25, 0.3) is 0 Å². The van der Waals surface area contributed by atoms with Gasteiger partial charge in [-0.2, -0.15) is 0 Å². The molecule has 1 rings (SSSR count). The van der Waals surface area contributed by atoms with Crippen LogP contribution in [0, 0.1) is 0 Å². The molecule has 1 radical (unpaired) electrons. The Balaban J connectivity index is 0.00000196. The van der Waals surface area contributed by atoms with Gasteiger partial charge in [-0.3, -0.25) is 0 Å². The maximum Gasteiger partial charge on any atom is 0.135 e. The van der Waals surface area contributed by atoms with E-state index in [0.717, 1.165) is 9.79 Å². The molecule has 0 bridgehead atoms. The number of nitrogens with two attached hydrogens (primary N) is 2. The van der Waals surface area contributed by atoms with Crippen molar-refractivity contribution in [2.75, 3.05) is 0 Å². The van der Waals surface area contributed by atoms with Gasteiger partial charge in [0.05, 0.1) is 0 Å². The van der Waals surface area contributed by atoms with E-state index in [4.69, 9.17) is 35.9 Å². The fraction of sp³-hybridized carbons (Fsp3) is 0. The molecule has 4 N–H and O–H groups in total. The summed E-state index contributed by atoms with van der Waals surface area (Å²) >= 11 is 12.3. The van der Waals surface area contributed by atoms with Gasteiger partial charge in [-0.15, -0.1) is 0 Å². The summed E-state index contributed by atoms with van der Waals surface area (Å²) in [5.74, 6) is 0. The molecular weight excluding hydrogens is 275 g/mol. The van der Waals surface area contributed by atoms with Crippen molar-refractivity contribution in [2.45, 2.75) is 9.79 Å². The minimum absolute atomic E-state index is 0. The quantitative estimate of drug-likeness (QED) is 0.492. The van der Waals surface area contributed by atoms with E-state index in [9.17, 15) is 0 Å². The number of rotatable bonds is 2. The molecule has 0 heterocycles. The van der Waals surface area contributed by atoms with Gasteiger partial charge in [0.25, 0.3) is 0 Å². The van der Waals surface area contributed by atoms with Gasteiger partial charge in [-0.25, -0.2) is 0 Å². The maximum absolute atomic E-state index is 5.39. The molecule has 1 aromatic rings. The molecule has 0 saturated carbocycles. The number of hydrogen-bond donors (Lipinski definition) is 2. The molecule has 7 heteroatoms. The zero-order valence-corrected chi connectivity index (χ0v) is 13.4. The zero-order chi connectivity index (χ0) is 10.6. The summed E-state index contributed by atoms with van der Waals surface area (Å²) in [6, 6.07) is 7.74. The SMILES string of the molecule is NC(=S)Sc1ccc(SC(N)=S)cc1.[Na]. The van der Waals surface area contributed by atoms with Gasteiger partial charge in [0.15, 0.2) is 0 Å². The monoisotopic (exact) mass is 283 g/mol. The molecule has 15 heavy (non-hydrogen) atoms. The van der Waals surface area contributed by atoms with E-state index in [-0.39, 0.29) is 29.6 Å². The fourth-order valence-corrected chi connectivity index (χ4v) is 2.39. The number of thiocarbonyl (C=S) groups is 2. The van der Waals surface area contributed by atoms with Gasteiger partial charge < -0.3 is 11.5 Å². The van der Waals surface area contributed by atoms with Crippen LogP contribution in [-0.4, -0.2) is 38.2 Å². The van der Waals surface area contributed by atoms with Crippen molar-refractivity contribution in [1.29, 1.82) is 0 Å². The minimum atomic E-state index is 0. The normalized spacial score (nSPS) is 9.07. The van der Waals surface area contributed by atoms with E-state index in [1.54, 1.807) is 0 Å². The third-order valence-electron chi connectivity index (χ3n) is 1.26. The Hall–Kier alpha value is 0.700. The Kier molecular flexibility index (Phi) is 8.26. The number of benzene rings is 1. The van der Waals surface area contributed by atoms with Gasteiger partial charge in [0.1, 0.15) is 8.64 Å². The zero-order valence-electron chi connectivity index (χ0n) is 8.10. The first-order valence-corrected chi connectivity index (χ1v) is 6.07. The second kappa shape index (κ2) is 7.89. The first-order chi connectivity index (χ1) is 6.58. The molecule has 0 aliphatic heterocycles. The van der Waals surface area contributed by atoms with Gasteiger partial charge >= 0.3 is 0 Å². The van der Waals surface area contributed by atoms with Crippen LogP contribution in [-0.2, 0) is 0 Å². The van der Waals surface area contributed by atoms with Crippen LogP contribution in [0.4, 0.5) is 0 Å². The molecule has 1 aromatic carbocycles. The standard InChI is InChI=1S/C8H8N2S4.Na/c9-7(11)13-5-1-2-6(4-3-5)14-8(10)12;/h1-4H,(H2,9,11)(H2,10,12);. The topological polar surface area (TPSA) is 52.0 Å². The summed E-state index contributed by atoms with van der Waals surface area (Å²) in [6.07, 6.45) is 0. The van der Waals surface area contributed by atoms with E-state index in [1.807, 2.05) is 24.3 Å². The second-order valence-electron chi connectivity index (χ2n) is 2.31. The van der Waals surface area contributed by atoms with Crippen molar-refractivity contribution in [3.05, 3.63) is 24.3 Å². The molecule has 0 unspecified atom stereocenters. The van der Waals surface area contributed by atoms with Crippen LogP contribution in [0.5, 0.6) is 0 Å². The Morgan fingerprint density at radius 3 is 1.33 bits per heavy atom. The fourth-order valence-electron chi connectivity index (χ4n) is 0.808. The maximum atomic E-state index is 5.39. The van der Waals surface area contributed by atoms with Crippen LogP contribution in [0.2, 0.25) is 0 Å². The van der Waals surface area contributed by atoms with Crippen molar-refractivity contribution in [3.63, 3.8) is 0 Å². The van der Waals surface area contributed by atoms with E-state index in [1.165, 1.54) is 23.5 Å². The number of hydrogen-bond acceptors (Lipinski definition) is 4. The predicted molar refractivity (Wildman–Crippen MR) is 77.5 cm³/mol. The first-order valence-electron chi connectivity index (χ1n) is 3.62. The van der Waals surface area contributed by atoms with E-state index in [2.05, 4.69) is 0 Å². The van der Waals surface area contributed by atoms with Crippen molar-refractivity contribution in [2.24, 2.45) is 11.5 Å². The summed E-state index contributed by atoms with van der Waals surface area (Å²) in [5.41, 5.74) is 10.8. The van der Waals surface area contributed by atoms with Crippen molar-refractivity contribution >= 4 is 86.2 Å². The molecule has 0 saturated heterocycles. The van der Waals surface area contributed by atoms with Crippen molar-refractivity contribution in [3.8, 4) is 0 Å². The molecule has 0 aliphatic rings. The summed E-state index contributed by atoms with van der Waals surface area (Å²) in [5, 5.41) is 0. The summed E-state index contributed by atoms with van der Waals surface area (Å²) in [6.45, 7) is 0. The van der Waals surface area contributed by atoms with Crippen LogP contribution >= 0.6 is 48.0 Å². The van der Waals surface area contributed by atoms with E-state index < -0.39 is 0 Å². The van der Waals surface area contributed by atoms with Gasteiger partial charge in [0.2, 0.25) is 0 Å². The summed E-state index contributed by atoms with van der Waals surface area (Å²) in [4.78, 5) is 2.04. The third kappa shape index (κ3) is 6.78. The smallest absolute Gasteiger partial charge is 0.135 e. The molecule has 2 nitrogen and oxygen atoms in total. The summed E-state index contributed by atoms with van der Waals surface area (Å²) < 4.78 is 0.833. The van der Waals surface area contributed by atoms with Gasteiger partial charge in [-0.1, -0.05) is 48.0 Å². The molecule has 0 atom stereocenters. The van der Waals surface area contributed by atoms with E-state index in [0.29, 0.717) is 8.64 Å². The first kappa shape index (κ1) is 15.7. The minimum Gasteiger partial charge on any atom is -0.384 e. The van der Waals surface area contributed by atoms with Gasteiger partial charge in [0, 0.05) is 39.3 Å². The van der Waals surface area contributed by atoms with Crippen LogP contribution in [0.1, 0.15) is 0 Å². The molecule has 0 aromatic heterocycles. The van der Waals surface area contributed by atoms with Gasteiger partial charge in [-0.05, 0) is 24.3 Å². The van der Waals surface area contributed by atoms with E-state index >= 15 is 0 Å². The average molecular weight is 283 g/mol. The molecular formula is C8H8N2NaS4. The average Bonchev–Trinajstić information content (AvgIpc) is 2.06. The van der Waals surface area contributed by atoms with Crippen molar-refractivity contribution < 1.29 is 0 Å². The summed E-state index contributed by atoms with van der Waals surface area (Å²) in [7, 11) is 0. The Bertz CT molecular complexity index is 317. The predicted octanol–water partition coefficient (Wildman–Crippen LogP) is 1.98. The van der Waals surface area contributed by atoms with Crippen LogP contribution < -0.4 is 11.5 Å². The molecule has 0 amide bonds. The third-order valence-corrected chi connectivity index (χ3v) is 3.18. The molecule has 0 spiro atoms. The molecule has 0 fully saturated rings. The Morgan fingerprint density at radius 2 is 1.13 bits per heavy atom. The van der Waals surface area contributed by atoms with Crippen molar-refractivity contribution in [1.82, 2.24) is 0 Å². The van der Waals surface area contributed by atoms with Crippen LogP contribution in [0.3, 0.4) is 0 Å². The molecule has 75 valence electrons. The Morgan fingerprint density at radius 1 is 0.867 bits per heavy atom. The largest absolute Gasteiger partial charge is 0.384 e. The Labute approximate surface area is 130 Å². The second-order valence-corrected chi connectivity index (χ2v) is 5.94. The molecule has 0 aliphatic carbocycles. The van der Waals surface area contributed by atoms with Crippen LogP contribution in [0.15, 0.2) is 34.1 Å². The number of thioether (sulfide) groups is 2.